The van der Waals surface area contributed by atoms with Crippen LogP contribution in [-0.2, 0) is 22.7 Å². The summed E-state index contributed by atoms with van der Waals surface area (Å²) in [7, 11) is 0. The minimum Gasteiger partial charge on any atom is -0.490 e. The van der Waals surface area contributed by atoms with E-state index in [1.165, 1.54) is 18.2 Å². The van der Waals surface area contributed by atoms with Crippen LogP contribution in [0.5, 0.6) is 17.2 Å². The number of imide groups is 2. The molecule has 3 aromatic rings. The van der Waals surface area contributed by atoms with E-state index >= 15 is 0 Å². The molecule has 3 aromatic carbocycles. The number of benzene rings is 3. The van der Waals surface area contributed by atoms with Crippen LogP contribution in [0.4, 0.5) is 9.18 Å². The summed E-state index contributed by atoms with van der Waals surface area (Å²) in [6.45, 7) is 4.83. The minimum absolute atomic E-state index is 0.0875. The van der Waals surface area contributed by atoms with E-state index in [-0.39, 0.29) is 24.5 Å². The fourth-order valence-corrected chi connectivity index (χ4v) is 4.31. The Bertz CT molecular complexity index is 1440. The van der Waals surface area contributed by atoms with Crippen LogP contribution >= 0.6 is 15.9 Å². The maximum Gasteiger partial charge on any atom is 0.331 e. The van der Waals surface area contributed by atoms with E-state index in [1.807, 2.05) is 13.8 Å². The molecule has 40 heavy (non-hydrogen) atoms. The Balaban J connectivity index is 1.59. The van der Waals surface area contributed by atoms with Crippen molar-refractivity contribution in [2.24, 2.45) is 0 Å². The van der Waals surface area contributed by atoms with Crippen LogP contribution in [0.15, 0.2) is 70.7 Å². The van der Waals surface area contributed by atoms with Gasteiger partial charge in [-0.05, 0) is 73.0 Å². The molecule has 0 spiro atoms. The quantitative estimate of drug-likeness (QED) is 0.211. The number of halogens is 2. The number of barbiturate groups is 1. The molecule has 1 saturated heterocycles. The molecule has 0 unspecified atom stereocenters. The maximum absolute atomic E-state index is 13.4. The number of carbonyl (C=O) groups excluding carboxylic acids is 3. The zero-order valence-electron chi connectivity index (χ0n) is 22.0. The lowest BCUT2D eigenvalue weighted by atomic mass is 10.1. The molecule has 0 aromatic heterocycles. The highest BCUT2D eigenvalue weighted by atomic mass is 79.9. The summed E-state index contributed by atoms with van der Waals surface area (Å²) >= 11 is 3.40. The highest BCUT2D eigenvalue weighted by Crippen LogP contribution is 2.31. The molecular formula is C30H28BrFN2O6. The van der Waals surface area contributed by atoms with Gasteiger partial charge in [-0.1, -0.05) is 41.1 Å². The Labute approximate surface area is 239 Å². The smallest absolute Gasteiger partial charge is 0.331 e. The summed E-state index contributed by atoms with van der Waals surface area (Å²) in [4.78, 5) is 39.8. The van der Waals surface area contributed by atoms with Crippen molar-refractivity contribution < 1.29 is 33.0 Å². The number of urea groups is 1. The molecular weight excluding hydrogens is 583 g/mol. The van der Waals surface area contributed by atoms with Crippen LogP contribution in [-0.4, -0.2) is 36.0 Å². The maximum atomic E-state index is 13.4. The number of amides is 4. The summed E-state index contributed by atoms with van der Waals surface area (Å²) in [6, 6.07) is 15.4. The van der Waals surface area contributed by atoms with Crippen LogP contribution in [0.1, 0.15) is 37.0 Å². The van der Waals surface area contributed by atoms with Gasteiger partial charge in [-0.15, -0.1) is 0 Å². The highest BCUT2D eigenvalue weighted by molar-refractivity contribution is 9.10. The SMILES string of the molecule is CCCOc1ccc(CN2C(=O)NC(=O)/C(=C\c3cc(Br)ccc3OCc3ccc(F)cc3)C2=O)cc1OCC. The van der Waals surface area contributed by atoms with Crippen LogP contribution in [0.3, 0.4) is 0 Å². The van der Waals surface area contributed by atoms with Crippen molar-refractivity contribution in [2.45, 2.75) is 33.4 Å². The molecule has 8 nitrogen and oxygen atoms in total. The Morgan fingerprint density at radius 1 is 0.875 bits per heavy atom. The first kappa shape index (κ1) is 28.8. The molecule has 10 heteroatoms. The van der Waals surface area contributed by atoms with Gasteiger partial charge in [0.1, 0.15) is 23.7 Å². The van der Waals surface area contributed by atoms with Gasteiger partial charge in [-0.2, -0.15) is 0 Å². The zero-order chi connectivity index (χ0) is 28.6. The molecule has 0 radical (unpaired) electrons. The first-order chi connectivity index (χ1) is 19.3. The van der Waals surface area contributed by atoms with Gasteiger partial charge < -0.3 is 14.2 Å². The lowest BCUT2D eigenvalue weighted by Crippen LogP contribution is -2.53. The van der Waals surface area contributed by atoms with E-state index in [1.54, 1.807) is 48.5 Å². The summed E-state index contributed by atoms with van der Waals surface area (Å²) in [6.07, 6.45) is 2.21. The Hall–Kier alpha value is -4.18. The molecule has 1 aliphatic heterocycles. The Morgan fingerprint density at radius 2 is 1.60 bits per heavy atom. The zero-order valence-corrected chi connectivity index (χ0v) is 23.6. The average Bonchev–Trinajstić information content (AvgIpc) is 2.93. The molecule has 0 atom stereocenters. The summed E-state index contributed by atoms with van der Waals surface area (Å²) in [5.41, 5.74) is 1.58. The number of hydrogen-bond donors (Lipinski definition) is 1. The minimum atomic E-state index is -0.821. The fraction of sp³-hybridized carbons (Fsp3) is 0.233. The van der Waals surface area contributed by atoms with Crippen molar-refractivity contribution in [3.63, 3.8) is 0 Å². The van der Waals surface area contributed by atoms with E-state index in [0.29, 0.717) is 46.1 Å². The molecule has 1 aliphatic rings. The van der Waals surface area contributed by atoms with Crippen molar-refractivity contribution in [2.75, 3.05) is 13.2 Å². The highest BCUT2D eigenvalue weighted by Gasteiger charge is 2.36. The van der Waals surface area contributed by atoms with Gasteiger partial charge in [0.25, 0.3) is 11.8 Å². The standard InChI is InChI=1S/C30H28BrFN2O6/c1-3-13-39-26-11-7-20(14-27(26)38-4-2)17-34-29(36)24(28(35)33-30(34)37)16-21-15-22(31)8-12-25(21)40-18-19-5-9-23(32)10-6-19/h5-12,14-16H,3-4,13,17-18H2,1-2H3,(H,33,35,37)/b24-16+. The average molecular weight is 611 g/mol. The summed E-state index contributed by atoms with van der Waals surface area (Å²) < 4.78 is 31.3. The second kappa shape index (κ2) is 13.3. The number of ether oxygens (including phenoxy) is 3. The Morgan fingerprint density at radius 3 is 2.33 bits per heavy atom. The molecule has 0 aliphatic carbocycles. The molecule has 1 fully saturated rings. The van der Waals surface area contributed by atoms with Crippen LogP contribution in [0, 0.1) is 5.82 Å². The van der Waals surface area contributed by atoms with Crippen molar-refractivity contribution >= 4 is 39.9 Å². The van der Waals surface area contributed by atoms with Crippen molar-refractivity contribution in [1.82, 2.24) is 10.2 Å². The Kier molecular flexibility index (Phi) is 9.55. The lowest BCUT2D eigenvalue weighted by Gasteiger charge is -2.27. The molecule has 4 amide bonds. The van der Waals surface area contributed by atoms with E-state index in [2.05, 4.69) is 21.2 Å². The van der Waals surface area contributed by atoms with Gasteiger partial charge in [0, 0.05) is 10.0 Å². The normalized spacial score (nSPS) is 14.3. The second-order valence-corrected chi connectivity index (χ2v) is 9.78. The molecule has 208 valence electrons. The van der Waals surface area contributed by atoms with Crippen LogP contribution in [0.2, 0.25) is 0 Å². The van der Waals surface area contributed by atoms with E-state index in [9.17, 15) is 18.8 Å². The van der Waals surface area contributed by atoms with E-state index in [4.69, 9.17) is 14.2 Å². The number of rotatable bonds is 11. The first-order valence-electron chi connectivity index (χ1n) is 12.7. The van der Waals surface area contributed by atoms with Gasteiger partial charge in [-0.25, -0.2) is 9.18 Å². The number of nitrogens with zero attached hydrogens (tertiary/aromatic N) is 1. The van der Waals surface area contributed by atoms with E-state index in [0.717, 1.165) is 16.9 Å². The molecule has 0 bridgehead atoms. The second-order valence-electron chi connectivity index (χ2n) is 8.87. The fourth-order valence-electron chi connectivity index (χ4n) is 3.93. The first-order valence-corrected chi connectivity index (χ1v) is 13.5. The third kappa shape index (κ3) is 7.06. The topological polar surface area (TPSA) is 94.2 Å². The van der Waals surface area contributed by atoms with Crippen LogP contribution in [0.25, 0.3) is 6.08 Å². The van der Waals surface area contributed by atoms with Gasteiger partial charge in [0.05, 0.1) is 19.8 Å². The van der Waals surface area contributed by atoms with Gasteiger partial charge in [0.15, 0.2) is 11.5 Å². The third-order valence-corrected chi connectivity index (χ3v) is 6.37. The monoisotopic (exact) mass is 610 g/mol. The predicted octanol–water partition coefficient (Wildman–Crippen LogP) is 6.02. The summed E-state index contributed by atoms with van der Waals surface area (Å²) in [5, 5.41) is 2.24. The predicted molar refractivity (Wildman–Crippen MR) is 150 cm³/mol. The van der Waals surface area contributed by atoms with Crippen LogP contribution < -0.4 is 19.5 Å². The lowest BCUT2D eigenvalue weighted by molar-refractivity contribution is -0.130. The molecule has 1 heterocycles. The third-order valence-electron chi connectivity index (χ3n) is 5.88. The number of hydrogen-bond acceptors (Lipinski definition) is 6. The van der Waals surface area contributed by atoms with Crippen molar-refractivity contribution in [1.29, 1.82) is 0 Å². The number of nitrogens with one attached hydrogen (secondary N) is 1. The summed E-state index contributed by atoms with van der Waals surface area (Å²) in [5.74, 6) is -0.444. The largest absolute Gasteiger partial charge is 0.490 e. The molecule has 0 saturated carbocycles. The van der Waals surface area contributed by atoms with E-state index < -0.39 is 17.8 Å². The number of carbonyl (C=O) groups is 3. The van der Waals surface area contributed by atoms with Gasteiger partial charge in [0.2, 0.25) is 0 Å². The van der Waals surface area contributed by atoms with Crippen molar-refractivity contribution in [3.05, 3.63) is 93.2 Å². The van der Waals surface area contributed by atoms with Crippen molar-refractivity contribution in [3.8, 4) is 17.2 Å². The van der Waals surface area contributed by atoms with Gasteiger partial charge >= 0.3 is 6.03 Å². The molecule has 4 rings (SSSR count). The van der Waals surface area contributed by atoms with Gasteiger partial charge in [-0.3, -0.25) is 19.8 Å². The molecule has 1 N–H and O–H groups in total.